The molecule has 0 amide bonds. The zero-order valence-corrected chi connectivity index (χ0v) is 19.4. The molecule has 0 spiro atoms. The van der Waals surface area contributed by atoms with Gasteiger partial charge in [-0.3, -0.25) is 4.79 Å². The van der Waals surface area contributed by atoms with E-state index in [0.29, 0.717) is 31.0 Å². The van der Waals surface area contributed by atoms with Gasteiger partial charge in [-0.25, -0.2) is 4.79 Å². The van der Waals surface area contributed by atoms with E-state index >= 15 is 0 Å². The first-order valence-corrected chi connectivity index (χ1v) is 11.9. The normalized spacial score (nSPS) is 20.6. The van der Waals surface area contributed by atoms with Crippen LogP contribution in [0.2, 0.25) is 0 Å². The molecule has 0 bridgehead atoms. The van der Waals surface area contributed by atoms with Crippen LogP contribution >= 0.6 is 0 Å². The Balaban J connectivity index is 2.44. The van der Waals surface area contributed by atoms with Crippen molar-refractivity contribution in [2.75, 3.05) is 6.61 Å². The van der Waals surface area contributed by atoms with Crippen LogP contribution in [0.1, 0.15) is 84.5 Å². The third-order valence-corrected chi connectivity index (χ3v) is 6.06. The largest absolute Gasteiger partial charge is 0.462 e. The lowest BCUT2D eigenvalue weighted by Gasteiger charge is -2.18. The first kappa shape index (κ1) is 27.3. The molecule has 0 unspecified atom stereocenters. The molecule has 1 saturated carbocycles. The number of hydrogen-bond donors (Lipinski definition) is 2. The Morgan fingerprint density at radius 2 is 2.00 bits per heavy atom. The zero-order valence-electron chi connectivity index (χ0n) is 19.4. The summed E-state index contributed by atoms with van der Waals surface area (Å²) in [5.41, 5.74) is 0. The summed E-state index contributed by atoms with van der Waals surface area (Å²) in [6.07, 6.45) is 19.7. The minimum Gasteiger partial charge on any atom is -0.462 e. The number of carbonyl (C=O) groups excluding carboxylic acids is 2. The molecular formula is C26H42O5. The Bertz CT molecular complexity index is 605. The Kier molecular flexibility index (Phi) is 13.3. The van der Waals surface area contributed by atoms with Crippen LogP contribution in [0.4, 0.5) is 0 Å². The molecule has 1 aliphatic rings. The van der Waals surface area contributed by atoms with Crippen LogP contribution in [0, 0.1) is 17.8 Å². The summed E-state index contributed by atoms with van der Waals surface area (Å²) < 4.78 is 4.65. The highest BCUT2D eigenvalue weighted by Crippen LogP contribution is 2.33. The van der Waals surface area contributed by atoms with Crippen molar-refractivity contribution in [2.45, 2.75) is 90.3 Å². The van der Waals surface area contributed by atoms with Crippen molar-refractivity contribution in [1.82, 2.24) is 0 Å². The van der Waals surface area contributed by atoms with Crippen molar-refractivity contribution in [2.24, 2.45) is 17.8 Å². The predicted molar refractivity (Wildman–Crippen MR) is 124 cm³/mol. The van der Waals surface area contributed by atoms with Gasteiger partial charge in [-0.15, -0.1) is 6.58 Å². The number of allylic oxidation sites excluding steroid dienone is 5. The van der Waals surface area contributed by atoms with E-state index < -0.39 is 11.8 Å². The third kappa shape index (κ3) is 10.4. The smallest absolute Gasteiger partial charge is 0.366 e. The molecule has 0 aliphatic heterocycles. The second-order valence-electron chi connectivity index (χ2n) is 8.57. The SMILES string of the molecule is C=C[C@@H](C/C=C/[C@H]1CCC(=O)[C@@H]1C/C=C\CCC(O)(O)C(=O)OCC)CCCCCC. The van der Waals surface area contributed by atoms with Crippen molar-refractivity contribution in [3.8, 4) is 0 Å². The number of ketones is 1. The highest BCUT2D eigenvalue weighted by Gasteiger charge is 2.34. The van der Waals surface area contributed by atoms with Gasteiger partial charge in [0, 0.05) is 18.8 Å². The molecule has 31 heavy (non-hydrogen) atoms. The minimum atomic E-state index is -2.47. The van der Waals surface area contributed by atoms with Crippen LogP contribution in [0.5, 0.6) is 0 Å². The fraction of sp³-hybridized carbons (Fsp3) is 0.692. The maximum atomic E-state index is 12.3. The lowest BCUT2D eigenvalue weighted by Crippen LogP contribution is -2.39. The molecule has 5 heteroatoms. The fourth-order valence-electron chi connectivity index (χ4n) is 4.06. The molecule has 1 fully saturated rings. The number of carbonyl (C=O) groups is 2. The molecule has 5 nitrogen and oxygen atoms in total. The van der Waals surface area contributed by atoms with E-state index in [0.717, 1.165) is 12.8 Å². The molecule has 0 saturated heterocycles. The van der Waals surface area contributed by atoms with Gasteiger partial charge in [0.1, 0.15) is 5.78 Å². The van der Waals surface area contributed by atoms with Crippen LogP contribution in [-0.4, -0.2) is 34.4 Å². The Hall–Kier alpha value is -1.72. The zero-order chi connectivity index (χ0) is 23.1. The van der Waals surface area contributed by atoms with Gasteiger partial charge < -0.3 is 14.9 Å². The molecule has 3 atom stereocenters. The molecule has 2 N–H and O–H groups in total. The standard InChI is InChI=1S/C26H42O5/c1-4-7-8-10-14-21(5-2)15-13-16-22-18-19-24(27)23(22)17-11-9-12-20-26(29,30)25(28)31-6-3/h5,9,11,13,16,21-23,29-30H,2,4,6-8,10,12,14-15,17-20H2,1,3H3/b11-9-,16-13+/t21-,22+,23-/m1/s1. The second-order valence-corrected chi connectivity index (χ2v) is 8.57. The number of hydrogen-bond acceptors (Lipinski definition) is 5. The fourth-order valence-corrected chi connectivity index (χ4v) is 4.06. The third-order valence-electron chi connectivity index (χ3n) is 6.06. The van der Waals surface area contributed by atoms with Gasteiger partial charge in [0.05, 0.1) is 6.61 Å². The van der Waals surface area contributed by atoms with Gasteiger partial charge in [0.2, 0.25) is 0 Å². The van der Waals surface area contributed by atoms with E-state index in [4.69, 9.17) is 0 Å². The van der Waals surface area contributed by atoms with Crippen molar-refractivity contribution in [3.63, 3.8) is 0 Å². The Labute approximate surface area is 188 Å². The van der Waals surface area contributed by atoms with E-state index in [1.54, 1.807) is 13.0 Å². The van der Waals surface area contributed by atoms with E-state index in [1.165, 1.54) is 32.1 Å². The van der Waals surface area contributed by atoms with Crippen molar-refractivity contribution < 1.29 is 24.5 Å². The maximum Gasteiger partial charge on any atom is 0.366 e. The Morgan fingerprint density at radius 1 is 1.23 bits per heavy atom. The predicted octanol–water partition coefficient (Wildman–Crippen LogP) is 5.27. The summed E-state index contributed by atoms with van der Waals surface area (Å²) >= 11 is 0. The lowest BCUT2D eigenvalue weighted by atomic mass is 9.90. The van der Waals surface area contributed by atoms with Gasteiger partial charge in [-0.2, -0.15) is 0 Å². The van der Waals surface area contributed by atoms with E-state index in [-0.39, 0.29) is 24.9 Å². The summed E-state index contributed by atoms with van der Waals surface area (Å²) in [6, 6.07) is 0. The van der Waals surface area contributed by atoms with Crippen molar-refractivity contribution in [3.05, 3.63) is 37.0 Å². The van der Waals surface area contributed by atoms with Crippen LogP contribution in [-0.2, 0) is 14.3 Å². The Morgan fingerprint density at radius 3 is 2.68 bits per heavy atom. The molecule has 1 rings (SSSR count). The first-order chi connectivity index (χ1) is 14.9. The summed E-state index contributed by atoms with van der Waals surface area (Å²) in [5, 5.41) is 19.5. The van der Waals surface area contributed by atoms with Gasteiger partial charge in [-0.1, -0.05) is 63.0 Å². The van der Waals surface area contributed by atoms with Crippen molar-refractivity contribution >= 4 is 11.8 Å². The van der Waals surface area contributed by atoms with E-state index in [9.17, 15) is 19.8 Å². The quantitative estimate of drug-likeness (QED) is 0.150. The number of rotatable bonds is 16. The van der Waals surface area contributed by atoms with E-state index in [2.05, 4.69) is 36.5 Å². The molecular weight excluding hydrogens is 392 g/mol. The van der Waals surface area contributed by atoms with Crippen LogP contribution in [0.15, 0.2) is 37.0 Å². The number of Topliss-reactive ketones (excluding diaryl/α,β-unsaturated/α-hetero) is 1. The average Bonchev–Trinajstić information content (AvgIpc) is 3.09. The van der Waals surface area contributed by atoms with Gasteiger partial charge in [0.15, 0.2) is 0 Å². The molecule has 1 aliphatic carbocycles. The number of esters is 1. The molecule has 0 aromatic carbocycles. The van der Waals surface area contributed by atoms with Crippen LogP contribution in [0.25, 0.3) is 0 Å². The summed E-state index contributed by atoms with van der Waals surface area (Å²) in [5.74, 6) is -2.45. The summed E-state index contributed by atoms with van der Waals surface area (Å²) in [7, 11) is 0. The van der Waals surface area contributed by atoms with E-state index in [1.807, 2.05) is 6.08 Å². The number of ether oxygens (including phenoxy) is 1. The monoisotopic (exact) mass is 434 g/mol. The number of aliphatic hydroxyl groups is 2. The highest BCUT2D eigenvalue weighted by atomic mass is 16.6. The second kappa shape index (κ2) is 15.1. The summed E-state index contributed by atoms with van der Waals surface area (Å²) in [4.78, 5) is 23.8. The molecule has 0 aromatic heterocycles. The van der Waals surface area contributed by atoms with Crippen LogP contribution < -0.4 is 0 Å². The molecule has 176 valence electrons. The lowest BCUT2D eigenvalue weighted by molar-refractivity contribution is -0.210. The van der Waals surface area contributed by atoms with Gasteiger partial charge in [0.25, 0.3) is 5.79 Å². The minimum absolute atomic E-state index is 0.0164. The van der Waals surface area contributed by atoms with Crippen LogP contribution in [0.3, 0.4) is 0 Å². The molecule has 0 heterocycles. The van der Waals surface area contributed by atoms with Gasteiger partial charge in [-0.05, 0) is 50.9 Å². The number of unbranched alkanes of at least 4 members (excludes halogenated alkanes) is 3. The first-order valence-electron chi connectivity index (χ1n) is 11.9. The molecule has 0 radical (unpaired) electrons. The topological polar surface area (TPSA) is 83.8 Å². The molecule has 0 aromatic rings. The average molecular weight is 435 g/mol. The summed E-state index contributed by atoms with van der Waals surface area (Å²) in [6.45, 7) is 7.91. The van der Waals surface area contributed by atoms with Gasteiger partial charge >= 0.3 is 5.97 Å². The maximum absolute atomic E-state index is 12.3. The highest BCUT2D eigenvalue weighted by molar-refractivity contribution is 5.83. The van der Waals surface area contributed by atoms with Crippen molar-refractivity contribution in [1.29, 1.82) is 0 Å².